The van der Waals surface area contributed by atoms with Gasteiger partial charge >= 0.3 is 5.97 Å². The summed E-state index contributed by atoms with van der Waals surface area (Å²) in [6, 6.07) is 8.38. The number of amides is 1. The van der Waals surface area contributed by atoms with Gasteiger partial charge in [-0.3, -0.25) is 9.59 Å². The minimum absolute atomic E-state index is 0.0118. The molecule has 0 unspecified atom stereocenters. The molecule has 2 bridgehead atoms. The Morgan fingerprint density at radius 2 is 1.86 bits per heavy atom. The van der Waals surface area contributed by atoms with Gasteiger partial charge < -0.3 is 10.4 Å². The number of anilines is 1. The molecule has 2 aliphatic carbocycles. The molecule has 1 aromatic carbocycles. The van der Waals surface area contributed by atoms with Crippen molar-refractivity contribution in [2.45, 2.75) is 33.1 Å². The van der Waals surface area contributed by atoms with Crippen LogP contribution >= 0.6 is 11.3 Å². The predicted molar refractivity (Wildman–Crippen MR) is 110 cm³/mol. The first-order valence-corrected chi connectivity index (χ1v) is 10.6. The number of carbonyl (C=O) groups is 2. The van der Waals surface area contributed by atoms with Crippen LogP contribution in [-0.2, 0) is 16.0 Å². The van der Waals surface area contributed by atoms with Crippen LogP contribution in [0.5, 0.6) is 0 Å². The first-order chi connectivity index (χ1) is 13.5. The standard InChI is InChI=1S/C22H24N2O3S/c1-3-4-13-5-7-14(8-6-13)19-12(2)28-22(23-19)24-20(25)17-15-9-10-16(11-15)18(17)21(26)27/h5-10,15-18H,3-4,11H2,1-2H3,(H,26,27)(H,23,24,25)/t15-,16+,17-,18+/m1/s1. The van der Waals surface area contributed by atoms with Crippen LogP contribution in [0.3, 0.4) is 0 Å². The summed E-state index contributed by atoms with van der Waals surface area (Å²) in [5, 5.41) is 13.0. The van der Waals surface area contributed by atoms with Gasteiger partial charge in [0.05, 0.1) is 17.5 Å². The second-order valence-corrected chi connectivity index (χ2v) is 8.90. The van der Waals surface area contributed by atoms with E-state index in [2.05, 4.69) is 41.5 Å². The number of thiazole rings is 1. The molecule has 2 aliphatic rings. The number of aliphatic carboxylic acids is 1. The maximum Gasteiger partial charge on any atom is 0.307 e. The zero-order chi connectivity index (χ0) is 19.8. The third-order valence-corrected chi connectivity index (χ3v) is 6.73. The molecule has 1 saturated carbocycles. The third kappa shape index (κ3) is 3.37. The van der Waals surface area contributed by atoms with Gasteiger partial charge in [0.25, 0.3) is 0 Å². The molecule has 0 saturated heterocycles. The van der Waals surface area contributed by atoms with Crippen molar-refractivity contribution in [1.29, 1.82) is 0 Å². The van der Waals surface area contributed by atoms with Crippen molar-refractivity contribution in [3.8, 4) is 11.3 Å². The van der Waals surface area contributed by atoms with Crippen LogP contribution in [0.1, 0.15) is 30.2 Å². The molecule has 6 heteroatoms. The average molecular weight is 397 g/mol. The van der Waals surface area contributed by atoms with Crippen molar-refractivity contribution in [1.82, 2.24) is 4.98 Å². The lowest BCUT2D eigenvalue weighted by atomic mass is 9.82. The summed E-state index contributed by atoms with van der Waals surface area (Å²) < 4.78 is 0. The number of benzene rings is 1. The van der Waals surface area contributed by atoms with E-state index in [1.165, 1.54) is 16.9 Å². The Kier molecular flexibility index (Phi) is 5.06. The van der Waals surface area contributed by atoms with Crippen molar-refractivity contribution in [3.05, 3.63) is 46.9 Å². The van der Waals surface area contributed by atoms with E-state index >= 15 is 0 Å². The molecule has 1 aromatic heterocycles. The Balaban J connectivity index is 1.52. The van der Waals surface area contributed by atoms with Crippen molar-refractivity contribution < 1.29 is 14.7 Å². The number of carboxylic acid groups (broad SMARTS) is 1. The van der Waals surface area contributed by atoms with Gasteiger partial charge in [-0.2, -0.15) is 0 Å². The second kappa shape index (κ2) is 7.51. The summed E-state index contributed by atoms with van der Waals surface area (Å²) in [6.45, 7) is 4.15. The van der Waals surface area contributed by atoms with Crippen LogP contribution in [0.4, 0.5) is 5.13 Å². The molecule has 2 N–H and O–H groups in total. The maximum atomic E-state index is 12.9. The smallest absolute Gasteiger partial charge is 0.307 e. The number of hydrogen-bond acceptors (Lipinski definition) is 4. The Morgan fingerprint density at radius 3 is 2.50 bits per heavy atom. The molecule has 4 rings (SSSR count). The number of rotatable bonds is 6. The summed E-state index contributed by atoms with van der Waals surface area (Å²) in [6.07, 6.45) is 6.86. The van der Waals surface area contributed by atoms with Crippen molar-refractivity contribution in [3.63, 3.8) is 0 Å². The summed E-state index contributed by atoms with van der Waals surface area (Å²) >= 11 is 1.43. The van der Waals surface area contributed by atoms with Crippen molar-refractivity contribution in [2.24, 2.45) is 23.7 Å². The zero-order valence-corrected chi connectivity index (χ0v) is 16.8. The molecule has 1 fully saturated rings. The van der Waals surface area contributed by atoms with Gasteiger partial charge in [0.1, 0.15) is 0 Å². The molecule has 0 aliphatic heterocycles. The van der Waals surface area contributed by atoms with Crippen LogP contribution in [0, 0.1) is 30.6 Å². The van der Waals surface area contributed by atoms with E-state index in [0.717, 1.165) is 35.4 Å². The minimum atomic E-state index is -0.889. The molecule has 0 spiro atoms. The maximum absolute atomic E-state index is 12.9. The molecule has 2 aromatic rings. The predicted octanol–water partition coefficient (Wildman–Crippen LogP) is 4.53. The molecule has 5 nitrogen and oxygen atoms in total. The zero-order valence-electron chi connectivity index (χ0n) is 16.0. The number of carbonyl (C=O) groups excluding carboxylic acids is 1. The van der Waals surface area contributed by atoms with Gasteiger partial charge in [-0.1, -0.05) is 49.8 Å². The highest BCUT2D eigenvalue weighted by molar-refractivity contribution is 7.16. The topological polar surface area (TPSA) is 79.3 Å². The molecular weight excluding hydrogens is 372 g/mol. The monoisotopic (exact) mass is 396 g/mol. The number of hydrogen-bond donors (Lipinski definition) is 2. The minimum Gasteiger partial charge on any atom is -0.481 e. The van der Waals surface area contributed by atoms with Gasteiger partial charge in [0.15, 0.2) is 5.13 Å². The van der Waals surface area contributed by atoms with Crippen LogP contribution < -0.4 is 5.32 Å². The molecule has 0 radical (unpaired) electrons. The molecule has 146 valence electrons. The van der Waals surface area contributed by atoms with E-state index in [1.807, 2.05) is 19.1 Å². The number of nitrogens with one attached hydrogen (secondary N) is 1. The molecule has 1 heterocycles. The van der Waals surface area contributed by atoms with Crippen LogP contribution in [0.25, 0.3) is 11.3 Å². The molecule has 1 amide bonds. The Hall–Kier alpha value is -2.47. The lowest BCUT2D eigenvalue weighted by Gasteiger charge is -2.23. The first kappa shape index (κ1) is 18.9. The second-order valence-electron chi connectivity index (χ2n) is 7.70. The number of carboxylic acids is 1. The number of aryl methyl sites for hydroxylation is 2. The van der Waals surface area contributed by atoms with E-state index in [-0.39, 0.29) is 17.7 Å². The van der Waals surface area contributed by atoms with E-state index in [0.29, 0.717) is 5.13 Å². The van der Waals surface area contributed by atoms with Crippen molar-refractivity contribution in [2.75, 3.05) is 5.32 Å². The lowest BCUT2D eigenvalue weighted by molar-refractivity contribution is -0.146. The SMILES string of the molecule is CCCc1ccc(-c2nc(NC(=O)[C@H]3[C@@H](C(=O)O)[C@H]4C=C[C@@H]3C4)sc2C)cc1. The van der Waals surface area contributed by atoms with Gasteiger partial charge in [0.2, 0.25) is 5.91 Å². The quantitative estimate of drug-likeness (QED) is 0.703. The van der Waals surface area contributed by atoms with Crippen LogP contribution in [-0.4, -0.2) is 22.0 Å². The molecule has 4 atom stereocenters. The molecular formula is C22H24N2O3S. The number of allylic oxidation sites excluding steroid dienone is 2. The highest BCUT2D eigenvalue weighted by atomic mass is 32.1. The van der Waals surface area contributed by atoms with Gasteiger partial charge in [-0.15, -0.1) is 11.3 Å². The van der Waals surface area contributed by atoms with E-state index in [4.69, 9.17) is 0 Å². The fourth-order valence-corrected chi connectivity index (χ4v) is 5.38. The third-order valence-electron chi connectivity index (χ3n) is 5.84. The summed E-state index contributed by atoms with van der Waals surface area (Å²) in [5.41, 5.74) is 3.20. The highest BCUT2D eigenvalue weighted by Crippen LogP contribution is 2.48. The fourth-order valence-electron chi connectivity index (χ4n) is 4.54. The fraction of sp³-hybridized carbons (Fsp3) is 0.409. The summed E-state index contributed by atoms with van der Waals surface area (Å²) in [4.78, 5) is 30.1. The largest absolute Gasteiger partial charge is 0.481 e. The van der Waals surface area contributed by atoms with Crippen LogP contribution in [0.15, 0.2) is 36.4 Å². The summed E-state index contributed by atoms with van der Waals surface area (Å²) in [7, 11) is 0. The summed E-state index contributed by atoms with van der Waals surface area (Å²) in [5.74, 6) is -2.30. The van der Waals surface area contributed by atoms with Gasteiger partial charge in [0, 0.05) is 10.4 Å². The molecule has 28 heavy (non-hydrogen) atoms. The van der Waals surface area contributed by atoms with Crippen LogP contribution in [0.2, 0.25) is 0 Å². The lowest BCUT2D eigenvalue weighted by Crippen LogP contribution is -2.36. The number of aromatic nitrogens is 1. The van der Waals surface area contributed by atoms with E-state index in [9.17, 15) is 14.7 Å². The Bertz CT molecular complexity index is 932. The average Bonchev–Trinajstić information content (AvgIpc) is 3.37. The van der Waals surface area contributed by atoms with E-state index in [1.54, 1.807) is 0 Å². The normalized spacial score (nSPS) is 25.2. The Labute approximate surface area is 168 Å². The first-order valence-electron chi connectivity index (χ1n) is 9.76. The number of nitrogens with zero attached hydrogens (tertiary/aromatic N) is 1. The highest BCUT2D eigenvalue weighted by Gasteiger charge is 2.51. The van der Waals surface area contributed by atoms with Crippen molar-refractivity contribution >= 4 is 28.3 Å². The van der Waals surface area contributed by atoms with E-state index < -0.39 is 17.8 Å². The Morgan fingerprint density at radius 1 is 1.18 bits per heavy atom. The number of fused-ring (bicyclic) bond motifs is 2. The van der Waals surface area contributed by atoms with Gasteiger partial charge in [-0.05, 0) is 37.2 Å². The van der Waals surface area contributed by atoms with Gasteiger partial charge in [-0.25, -0.2) is 4.98 Å².